The minimum Gasteiger partial charge on any atom is -0.496 e. The number of hydrogen-bond donors (Lipinski definition) is 2. The molecular weight excluding hydrogens is 264 g/mol. The first kappa shape index (κ1) is 14.9. The van der Waals surface area contributed by atoms with Gasteiger partial charge in [-0.15, -0.1) is 0 Å². The van der Waals surface area contributed by atoms with Crippen LogP contribution in [0.5, 0.6) is 5.75 Å². The number of fused-ring (bicyclic) bond motifs is 1. The second-order valence-electron chi connectivity index (χ2n) is 4.80. The molecule has 4 N–H and O–H groups in total. The van der Waals surface area contributed by atoms with Crippen LogP contribution in [0.2, 0.25) is 0 Å². The first-order valence-corrected chi connectivity index (χ1v) is 7.05. The lowest BCUT2D eigenvalue weighted by molar-refractivity contribution is 0.419. The van der Waals surface area contributed by atoms with Crippen LogP contribution >= 0.6 is 0 Å². The summed E-state index contributed by atoms with van der Waals surface area (Å²) in [6, 6.07) is 3.71. The topological polar surface area (TPSA) is 87.0 Å². The molecule has 0 fully saturated rings. The number of ether oxygens (including phenoxy) is 1. The third kappa shape index (κ3) is 3.54. The van der Waals surface area contributed by atoms with Crippen molar-refractivity contribution in [2.75, 3.05) is 18.6 Å². The molecular formula is C16H20N4O. The molecule has 0 atom stereocenters. The Bertz CT molecular complexity index is 701. The number of anilines is 2. The number of nitrogens with two attached hydrogens (primary N) is 2. The van der Waals surface area contributed by atoms with Crippen LogP contribution in [-0.4, -0.2) is 17.1 Å². The van der Waals surface area contributed by atoms with Crippen molar-refractivity contribution < 1.29 is 4.74 Å². The highest BCUT2D eigenvalue weighted by Gasteiger charge is 2.10. The zero-order valence-corrected chi connectivity index (χ0v) is 12.4. The Hall–Kier alpha value is -2.48. The Kier molecular flexibility index (Phi) is 4.83. The zero-order chi connectivity index (χ0) is 15.2. The molecule has 0 spiro atoms. The van der Waals surface area contributed by atoms with E-state index in [1.54, 1.807) is 7.11 Å². The predicted molar refractivity (Wildman–Crippen MR) is 85.9 cm³/mol. The van der Waals surface area contributed by atoms with Crippen LogP contribution in [0, 0.1) is 11.8 Å². The first-order chi connectivity index (χ1) is 10.2. The summed E-state index contributed by atoms with van der Waals surface area (Å²) >= 11 is 0. The maximum Gasteiger partial charge on any atom is 0.222 e. The number of aromatic nitrogens is 2. The van der Waals surface area contributed by atoms with Gasteiger partial charge in [-0.05, 0) is 18.6 Å². The molecule has 1 aromatic carbocycles. The van der Waals surface area contributed by atoms with E-state index in [-0.39, 0.29) is 5.95 Å². The van der Waals surface area contributed by atoms with E-state index in [9.17, 15) is 0 Å². The zero-order valence-electron chi connectivity index (χ0n) is 12.4. The van der Waals surface area contributed by atoms with Crippen LogP contribution in [0.4, 0.5) is 11.8 Å². The highest BCUT2D eigenvalue weighted by atomic mass is 16.5. The van der Waals surface area contributed by atoms with E-state index < -0.39 is 0 Å². The maximum absolute atomic E-state index is 5.89. The molecule has 110 valence electrons. The number of nitrogens with zero attached hydrogens (tertiary/aromatic N) is 2. The highest BCUT2D eigenvalue weighted by Crippen LogP contribution is 2.30. The summed E-state index contributed by atoms with van der Waals surface area (Å²) in [6.07, 6.45) is 4.41. The highest BCUT2D eigenvalue weighted by molar-refractivity contribution is 5.95. The van der Waals surface area contributed by atoms with Gasteiger partial charge < -0.3 is 16.2 Å². The normalized spacial score (nSPS) is 10.2. The summed E-state index contributed by atoms with van der Waals surface area (Å²) in [4.78, 5) is 8.17. The van der Waals surface area contributed by atoms with Crippen molar-refractivity contribution in [3.63, 3.8) is 0 Å². The Labute approximate surface area is 124 Å². The molecule has 2 aromatic rings. The van der Waals surface area contributed by atoms with Crippen molar-refractivity contribution in [2.24, 2.45) is 0 Å². The average Bonchev–Trinajstić information content (AvgIpc) is 2.45. The van der Waals surface area contributed by atoms with Crippen molar-refractivity contribution in [1.82, 2.24) is 9.97 Å². The summed E-state index contributed by atoms with van der Waals surface area (Å²) < 4.78 is 5.37. The third-order valence-corrected chi connectivity index (χ3v) is 3.17. The van der Waals surface area contributed by atoms with Gasteiger partial charge in [-0.25, -0.2) is 4.98 Å². The fourth-order valence-corrected chi connectivity index (χ4v) is 2.14. The number of methoxy groups -OCH3 is 1. The summed E-state index contributed by atoms with van der Waals surface area (Å²) in [6.45, 7) is 2.18. The lowest BCUT2D eigenvalue weighted by Crippen LogP contribution is -2.02. The first-order valence-electron chi connectivity index (χ1n) is 7.05. The molecule has 0 amide bonds. The number of unbranched alkanes of at least 4 members (excludes halogenated alkanes) is 3. The fourth-order valence-electron chi connectivity index (χ4n) is 2.14. The molecule has 2 rings (SSSR count). The van der Waals surface area contributed by atoms with Crippen molar-refractivity contribution >= 4 is 22.7 Å². The molecule has 21 heavy (non-hydrogen) atoms. The van der Waals surface area contributed by atoms with Gasteiger partial charge in [0.05, 0.1) is 18.0 Å². The quantitative estimate of drug-likeness (QED) is 0.666. The Morgan fingerprint density at radius 3 is 2.71 bits per heavy atom. The summed E-state index contributed by atoms with van der Waals surface area (Å²) in [7, 11) is 1.59. The van der Waals surface area contributed by atoms with Gasteiger partial charge in [-0.1, -0.05) is 31.6 Å². The van der Waals surface area contributed by atoms with Crippen LogP contribution in [-0.2, 0) is 0 Å². The van der Waals surface area contributed by atoms with Gasteiger partial charge >= 0.3 is 0 Å². The SMILES string of the molecule is CCCCCC#Cc1cc(OC)c2c(N)nc(N)nc2c1. The molecule has 1 heterocycles. The van der Waals surface area contributed by atoms with Gasteiger partial charge in [0.25, 0.3) is 0 Å². The Morgan fingerprint density at radius 2 is 2.00 bits per heavy atom. The van der Waals surface area contributed by atoms with Crippen LogP contribution in [0.1, 0.15) is 38.2 Å². The minimum absolute atomic E-state index is 0.148. The van der Waals surface area contributed by atoms with Gasteiger partial charge in [-0.2, -0.15) is 4.98 Å². The molecule has 0 radical (unpaired) electrons. The van der Waals surface area contributed by atoms with Crippen LogP contribution in [0.25, 0.3) is 10.9 Å². The van der Waals surface area contributed by atoms with Crippen LogP contribution < -0.4 is 16.2 Å². The minimum atomic E-state index is 0.148. The predicted octanol–water partition coefficient (Wildman–Crippen LogP) is 2.73. The van der Waals surface area contributed by atoms with E-state index in [0.29, 0.717) is 22.5 Å². The number of rotatable bonds is 4. The van der Waals surface area contributed by atoms with Gasteiger partial charge in [0.15, 0.2) is 0 Å². The second kappa shape index (κ2) is 6.80. The summed E-state index contributed by atoms with van der Waals surface area (Å²) in [5.74, 6) is 7.39. The molecule has 0 unspecified atom stereocenters. The smallest absolute Gasteiger partial charge is 0.222 e. The van der Waals surface area contributed by atoms with E-state index in [0.717, 1.165) is 18.4 Å². The molecule has 0 saturated carbocycles. The van der Waals surface area contributed by atoms with E-state index in [2.05, 4.69) is 28.7 Å². The number of benzene rings is 1. The van der Waals surface area contributed by atoms with Gasteiger partial charge in [0.2, 0.25) is 5.95 Å². The van der Waals surface area contributed by atoms with E-state index in [4.69, 9.17) is 16.2 Å². The van der Waals surface area contributed by atoms with E-state index >= 15 is 0 Å². The van der Waals surface area contributed by atoms with Crippen molar-refractivity contribution in [2.45, 2.75) is 32.6 Å². The molecule has 0 bridgehead atoms. The fraction of sp³-hybridized carbons (Fsp3) is 0.375. The molecule has 0 aliphatic carbocycles. The van der Waals surface area contributed by atoms with E-state index in [1.807, 2.05) is 12.1 Å². The molecule has 1 aromatic heterocycles. The summed E-state index contributed by atoms with van der Waals surface area (Å²) in [5, 5.41) is 0.670. The molecule has 0 saturated heterocycles. The van der Waals surface area contributed by atoms with E-state index in [1.165, 1.54) is 12.8 Å². The summed E-state index contributed by atoms with van der Waals surface area (Å²) in [5.41, 5.74) is 13.0. The number of nitrogen functional groups attached to an aromatic ring is 2. The van der Waals surface area contributed by atoms with Crippen molar-refractivity contribution in [3.05, 3.63) is 17.7 Å². The number of hydrogen-bond acceptors (Lipinski definition) is 5. The Balaban J connectivity index is 2.38. The van der Waals surface area contributed by atoms with Crippen LogP contribution in [0.15, 0.2) is 12.1 Å². The average molecular weight is 284 g/mol. The molecule has 5 nitrogen and oxygen atoms in total. The van der Waals surface area contributed by atoms with Gasteiger partial charge in [0.1, 0.15) is 11.6 Å². The van der Waals surface area contributed by atoms with Crippen molar-refractivity contribution in [3.8, 4) is 17.6 Å². The van der Waals surface area contributed by atoms with Crippen molar-refractivity contribution in [1.29, 1.82) is 0 Å². The van der Waals surface area contributed by atoms with Gasteiger partial charge in [0, 0.05) is 12.0 Å². The Morgan fingerprint density at radius 1 is 1.19 bits per heavy atom. The van der Waals surface area contributed by atoms with Gasteiger partial charge in [-0.3, -0.25) is 0 Å². The largest absolute Gasteiger partial charge is 0.496 e. The van der Waals surface area contributed by atoms with Crippen LogP contribution in [0.3, 0.4) is 0 Å². The lowest BCUT2D eigenvalue weighted by Gasteiger charge is -2.08. The standard InChI is InChI=1S/C16H20N4O/c1-3-4-5-6-7-8-11-9-12-14(13(10-11)21-2)15(17)20-16(18)19-12/h9-10H,3-6H2,1-2H3,(H4,17,18,19,20). The molecule has 5 heteroatoms. The lowest BCUT2D eigenvalue weighted by atomic mass is 10.1. The second-order valence-corrected chi connectivity index (χ2v) is 4.80. The maximum atomic E-state index is 5.89. The third-order valence-electron chi connectivity index (χ3n) is 3.17. The monoisotopic (exact) mass is 284 g/mol. The molecule has 0 aliphatic heterocycles. The molecule has 0 aliphatic rings.